The largest absolute Gasteiger partial charge is 0.381 e. The van der Waals surface area contributed by atoms with Gasteiger partial charge in [0.15, 0.2) is 5.96 Å². The second-order valence-electron chi connectivity index (χ2n) is 5.91. The first-order valence-corrected chi connectivity index (χ1v) is 9.19. The molecular weight excluding hydrogens is 276 g/mol. The van der Waals surface area contributed by atoms with Gasteiger partial charge in [0.1, 0.15) is 0 Å². The molecule has 22 heavy (non-hydrogen) atoms. The van der Waals surface area contributed by atoms with Crippen molar-refractivity contribution in [3.8, 4) is 0 Å². The lowest BCUT2D eigenvalue weighted by molar-refractivity contribution is 0.130. The lowest BCUT2D eigenvalue weighted by atomic mass is 10.4. The van der Waals surface area contributed by atoms with E-state index >= 15 is 0 Å². The molecule has 1 fully saturated rings. The molecule has 0 saturated carbocycles. The highest BCUT2D eigenvalue weighted by atomic mass is 16.5. The maximum Gasteiger partial charge on any atom is 0.191 e. The van der Waals surface area contributed by atoms with Crippen LogP contribution in [0.15, 0.2) is 4.99 Å². The first kappa shape index (κ1) is 19.2. The Morgan fingerprint density at radius 1 is 1.05 bits per heavy atom. The van der Waals surface area contributed by atoms with E-state index in [2.05, 4.69) is 34.4 Å². The van der Waals surface area contributed by atoms with Crippen molar-refractivity contribution in [2.24, 2.45) is 4.99 Å². The fourth-order valence-corrected chi connectivity index (χ4v) is 2.56. The second kappa shape index (κ2) is 13.8. The van der Waals surface area contributed by atoms with Crippen LogP contribution < -0.4 is 10.6 Å². The summed E-state index contributed by atoms with van der Waals surface area (Å²) in [5, 5.41) is 6.73. The molecule has 0 aromatic carbocycles. The van der Waals surface area contributed by atoms with Crippen molar-refractivity contribution in [1.29, 1.82) is 0 Å². The molecule has 0 spiro atoms. The molecule has 1 rings (SSSR count). The number of aliphatic imine (C=N–C) groups is 1. The van der Waals surface area contributed by atoms with Crippen molar-refractivity contribution >= 4 is 5.96 Å². The molecule has 0 aliphatic carbocycles. The maximum absolute atomic E-state index is 5.56. The van der Waals surface area contributed by atoms with Crippen LogP contribution in [0.3, 0.4) is 0 Å². The molecule has 1 heterocycles. The fourth-order valence-electron chi connectivity index (χ4n) is 2.56. The third kappa shape index (κ3) is 10.0. The summed E-state index contributed by atoms with van der Waals surface area (Å²) in [5.74, 6) is 0.942. The Morgan fingerprint density at radius 3 is 2.55 bits per heavy atom. The van der Waals surface area contributed by atoms with Gasteiger partial charge in [0, 0.05) is 32.8 Å². The maximum atomic E-state index is 5.56. The average molecular weight is 313 g/mol. The monoisotopic (exact) mass is 312 g/mol. The van der Waals surface area contributed by atoms with Gasteiger partial charge in [0.2, 0.25) is 0 Å². The minimum Gasteiger partial charge on any atom is -0.381 e. The van der Waals surface area contributed by atoms with Gasteiger partial charge in [-0.1, -0.05) is 13.3 Å². The van der Waals surface area contributed by atoms with Gasteiger partial charge in [-0.3, -0.25) is 4.99 Å². The summed E-state index contributed by atoms with van der Waals surface area (Å²) in [6, 6.07) is 0. The first-order chi connectivity index (χ1) is 10.9. The van der Waals surface area contributed by atoms with E-state index < -0.39 is 0 Å². The number of nitrogens with zero attached hydrogens (tertiary/aromatic N) is 2. The van der Waals surface area contributed by atoms with Gasteiger partial charge >= 0.3 is 0 Å². The Kier molecular flexibility index (Phi) is 12.1. The third-order valence-corrected chi connectivity index (χ3v) is 3.85. The summed E-state index contributed by atoms with van der Waals surface area (Å²) in [6.07, 6.45) is 7.28. The van der Waals surface area contributed by atoms with E-state index in [1.165, 1.54) is 45.3 Å². The molecule has 0 unspecified atom stereocenters. The predicted molar refractivity (Wildman–Crippen MR) is 94.6 cm³/mol. The van der Waals surface area contributed by atoms with E-state index in [0.29, 0.717) is 0 Å². The number of ether oxygens (including phenoxy) is 1. The van der Waals surface area contributed by atoms with Crippen molar-refractivity contribution in [2.75, 3.05) is 52.5 Å². The molecule has 1 aliphatic rings. The molecule has 0 bridgehead atoms. The van der Waals surface area contributed by atoms with Crippen LogP contribution in [0.2, 0.25) is 0 Å². The molecular formula is C17H36N4O. The van der Waals surface area contributed by atoms with Gasteiger partial charge in [-0.25, -0.2) is 0 Å². The minimum atomic E-state index is 0.817. The van der Waals surface area contributed by atoms with E-state index in [4.69, 9.17) is 4.74 Å². The Balaban J connectivity index is 2.04. The highest BCUT2D eigenvalue weighted by Crippen LogP contribution is 2.06. The number of rotatable bonds is 12. The van der Waals surface area contributed by atoms with E-state index in [9.17, 15) is 0 Å². The Labute approximate surface area is 136 Å². The summed E-state index contributed by atoms with van der Waals surface area (Å²) in [5.41, 5.74) is 0. The summed E-state index contributed by atoms with van der Waals surface area (Å²) in [7, 11) is 0. The first-order valence-electron chi connectivity index (χ1n) is 9.19. The Bertz CT molecular complexity index is 278. The second-order valence-corrected chi connectivity index (χ2v) is 5.91. The average Bonchev–Trinajstić information content (AvgIpc) is 3.03. The zero-order valence-electron chi connectivity index (χ0n) is 14.7. The Morgan fingerprint density at radius 2 is 1.82 bits per heavy atom. The van der Waals surface area contributed by atoms with Crippen molar-refractivity contribution in [1.82, 2.24) is 15.5 Å². The van der Waals surface area contributed by atoms with Crippen molar-refractivity contribution in [2.45, 2.75) is 52.4 Å². The molecule has 0 aromatic heterocycles. The van der Waals surface area contributed by atoms with E-state index in [1.807, 2.05) is 0 Å². The van der Waals surface area contributed by atoms with E-state index in [1.54, 1.807) is 0 Å². The summed E-state index contributed by atoms with van der Waals surface area (Å²) in [6.45, 7) is 12.5. The van der Waals surface area contributed by atoms with Crippen LogP contribution in [-0.2, 0) is 4.74 Å². The van der Waals surface area contributed by atoms with Crippen LogP contribution in [-0.4, -0.2) is 63.3 Å². The highest BCUT2D eigenvalue weighted by molar-refractivity contribution is 5.79. The minimum absolute atomic E-state index is 0.817. The van der Waals surface area contributed by atoms with Crippen LogP contribution in [0.25, 0.3) is 0 Å². The molecule has 0 atom stereocenters. The summed E-state index contributed by atoms with van der Waals surface area (Å²) in [4.78, 5) is 7.16. The standard InChI is InChI=1S/C17H36N4O/c1-3-5-15-22-16-9-11-20-17(18-4-2)19-10-8-14-21-12-6-7-13-21/h3-16H2,1-2H3,(H2,18,19,20). The molecule has 2 N–H and O–H groups in total. The van der Waals surface area contributed by atoms with Crippen molar-refractivity contribution in [3.63, 3.8) is 0 Å². The van der Waals surface area contributed by atoms with Gasteiger partial charge in [-0.15, -0.1) is 0 Å². The van der Waals surface area contributed by atoms with Gasteiger partial charge in [-0.2, -0.15) is 0 Å². The SMILES string of the molecule is CCCCOCCCN=C(NCC)NCCCN1CCCC1. The van der Waals surface area contributed by atoms with Crippen LogP contribution in [0.4, 0.5) is 0 Å². The summed E-state index contributed by atoms with van der Waals surface area (Å²) < 4.78 is 5.56. The van der Waals surface area contributed by atoms with Gasteiger partial charge in [0.25, 0.3) is 0 Å². The van der Waals surface area contributed by atoms with Gasteiger partial charge in [0.05, 0.1) is 0 Å². The molecule has 0 amide bonds. The molecule has 0 aromatic rings. The van der Waals surface area contributed by atoms with Crippen LogP contribution in [0.1, 0.15) is 52.4 Å². The molecule has 5 nitrogen and oxygen atoms in total. The number of unbranched alkanes of at least 4 members (excludes halogenated alkanes) is 1. The number of hydrogen-bond acceptors (Lipinski definition) is 3. The van der Waals surface area contributed by atoms with Crippen LogP contribution in [0.5, 0.6) is 0 Å². The molecule has 0 radical (unpaired) electrons. The van der Waals surface area contributed by atoms with Crippen molar-refractivity contribution < 1.29 is 4.74 Å². The van der Waals surface area contributed by atoms with E-state index in [-0.39, 0.29) is 0 Å². The zero-order valence-corrected chi connectivity index (χ0v) is 14.7. The summed E-state index contributed by atoms with van der Waals surface area (Å²) >= 11 is 0. The molecule has 5 heteroatoms. The number of guanidine groups is 1. The normalized spacial score (nSPS) is 16.2. The third-order valence-electron chi connectivity index (χ3n) is 3.85. The van der Waals surface area contributed by atoms with Gasteiger partial charge in [-0.05, 0) is 58.7 Å². The molecule has 130 valence electrons. The Hall–Kier alpha value is -0.810. The predicted octanol–water partition coefficient (Wildman–Crippen LogP) is 2.23. The highest BCUT2D eigenvalue weighted by Gasteiger charge is 2.10. The number of hydrogen-bond donors (Lipinski definition) is 2. The number of likely N-dealkylation sites (tertiary alicyclic amines) is 1. The van der Waals surface area contributed by atoms with Gasteiger partial charge < -0.3 is 20.3 Å². The van der Waals surface area contributed by atoms with E-state index in [0.717, 1.165) is 51.6 Å². The number of nitrogens with one attached hydrogen (secondary N) is 2. The molecule has 1 aliphatic heterocycles. The zero-order chi connectivity index (χ0) is 15.9. The van der Waals surface area contributed by atoms with Crippen LogP contribution >= 0.6 is 0 Å². The van der Waals surface area contributed by atoms with Crippen molar-refractivity contribution in [3.05, 3.63) is 0 Å². The lowest BCUT2D eigenvalue weighted by Crippen LogP contribution is -2.38. The smallest absolute Gasteiger partial charge is 0.191 e. The fraction of sp³-hybridized carbons (Fsp3) is 0.941. The quantitative estimate of drug-likeness (QED) is 0.330. The van der Waals surface area contributed by atoms with Crippen LogP contribution in [0, 0.1) is 0 Å². The topological polar surface area (TPSA) is 48.9 Å². The molecule has 1 saturated heterocycles. The lowest BCUT2D eigenvalue weighted by Gasteiger charge is -2.15.